The highest BCUT2D eigenvalue weighted by Gasteiger charge is 2.21. The molecule has 0 aliphatic rings. The van der Waals surface area contributed by atoms with Crippen LogP contribution in [0.15, 0.2) is 186 Å². The van der Waals surface area contributed by atoms with E-state index < -0.39 is 0 Å². The van der Waals surface area contributed by atoms with Gasteiger partial charge >= 0.3 is 0 Å². The number of hydrogen-bond acceptors (Lipinski definition) is 5. The summed E-state index contributed by atoms with van der Waals surface area (Å²) < 4.78 is 11.6. The lowest BCUT2D eigenvalue weighted by Crippen LogP contribution is -2.00. The molecule has 0 saturated heterocycles. The van der Waals surface area contributed by atoms with Crippen LogP contribution in [0.1, 0.15) is 0 Å². The van der Waals surface area contributed by atoms with Gasteiger partial charge in [-0.1, -0.05) is 127 Å². The van der Waals surface area contributed by atoms with Gasteiger partial charge in [0, 0.05) is 69.9 Å². The number of aromatic nitrogens is 4. The zero-order valence-corrected chi connectivity index (χ0v) is 32.2. The van der Waals surface area contributed by atoms with Gasteiger partial charge in [-0.3, -0.25) is 0 Å². The minimum atomic E-state index is 0.611. The molecule has 0 unspecified atom stereocenters. The molecule has 274 valence electrons. The summed E-state index contributed by atoms with van der Waals surface area (Å²) in [4.78, 5) is 15.5. The monoisotopic (exact) mass is 770 g/mol. The lowest BCUT2D eigenvalue weighted by atomic mass is 10.0. The first-order chi connectivity index (χ1) is 29.2. The molecule has 4 heterocycles. The van der Waals surface area contributed by atoms with Crippen LogP contribution in [-0.2, 0) is 0 Å². The molecular formula is C53H30N4OS. The van der Waals surface area contributed by atoms with E-state index in [0.29, 0.717) is 17.5 Å². The number of thiophene rings is 1. The number of para-hydroxylation sites is 1. The summed E-state index contributed by atoms with van der Waals surface area (Å²) in [5.41, 5.74) is 7.87. The van der Waals surface area contributed by atoms with Crippen LogP contribution in [0.3, 0.4) is 0 Å². The van der Waals surface area contributed by atoms with Crippen LogP contribution in [0.5, 0.6) is 0 Å². The van der Waals surface area contributed by atoms with Gasteiger partial charge < -0.3 is 8.98 Å². The van der Waals surface area contributed by atoms with Gasteiger partial charge in [-0.05, 0) is 64.7 Å². The summed E-state index contributed by atoms with van der Waals surface area (Å²) in [5.74, 6) is 1.89. The van der Waals surface area contributed by atoms with Crippen molar-refractivity contribution < 1.29 is 4.42 Å². The van der Waals surface area contributed by atoms with E-state index in [4.69, 9.17) is 19.4 Å². The molecule has 0 atom stereocenters. The number of nitrogens with zero attached hydrogens (tertiary/aromatic N) is 4. The quantitative estimate of drug-likeness (QED) is 0.179. The third-order valence-corrected chi connectivity index (χ3v) is 12.9. The maximum absolute atomic E-state index is 6.79. The Kier molecular flexibility index (Phi) is 6.82. The molecule has 59 heavy (non-hydrogen) atoms. The van der Waals surface area contributed by atoms with Crippen LogP contribution in [0.2, 0.25) is 0 Å². The molecular weight excluding hydrogens is 741 g/mol. The van der Waals surface area contributed by atoms with Crippen LogP contribution in [0.25, 0.3) is 125 Å². The van der Waals surface area contributed by atoms with Crippen molar-refractivity contribution in [3.8, 4) is 39.9 Å². The molecule has 5 nitrogen and oxygen atoms in total. The first-order valence-corrected chi connectivity index (χ1v) is 20.6. The average Bonchev–Trinajstić information content (AvgIpc) is 3.97. The van der Waals surface area contributed by atoms with Crippen LogP contribution < -0.4 is 0 Å². The van der Waals surface area contributed by atoms with Crippen molar-refractivity contribution in [3.63, 3.8) is 0 Å². The Morgan fingerprint density at radius 1 is 0.390 bits per heavy atom. The Hall–Kier alpha value is -7.67. The summed E-state index contributed by atoms with van der Waals surface area (Å²) in [7, 11) is 0. The SMILES string of the molecule is c1ccc(-c2nc(-c3ccc4oc5cc(-n6c7ccccc7c7cc8ccccc8cc76)c6ccccc6c5c4c3)nc(-c3cccc4sc5ccccc5c34)n2)cc1. The van der Waals surface area contributed by atoms with Crippen molar-refractivity contribution in [1.82, 2.24) is 19.5 Å². The minimum Gasteiger partial charge on any atom is -0.456 e. The van der Waals surface area contributed by atoms with Gasteiger partial charge in [0.2, 0.25) is 0 Å². The topological polar surface area (TPSA) is 56.7 Å². The normalized spacial score (nSPS) is 12.1. The molecule has 0 radical (unpaired) electrons. The Bertz CT molecular complexity index is 3860. The zero-order valence-electron chi connectivity index (χ0n) is 31.4. The van der Waals surface area contributed by atoms with Crippen molar-refractivity contribution >= 4 is 96.8 Å². The maximum Gasteiger partial charge on any atom is 0.164 e. The average molecular weight is 771 g/mol. The lowest BCUT2D eigenvalue weighted by molar-refractivity contribution is 0.669. The molecule has 0 aliphatic carbocycles. The Labute approximate surface area is 341 Å². The molecule has 0 amide bonds. The van der Waals surface area contributed by atoms with E-state index in [2.05, 4.69) is 168 Å². The fourth-order valence-corrected chi connectivity index (χ4v) is 10.3. The summed E-state index contributed by atoms with van der Waals surface area (Å²) in [6, 6.07) is 64.3. The fraction of sp³-hybridized carbons (Fsp3) is 0. The van der Waals surface area contributed by atoms with Crippen LogP contribution in [-0.4, -0.2) is 19.5 Å². The molecule has 0 saturated carbocycles. The third-order valence-electron chi connectivity index (χ3n) is 11.8. The Morgan fingerprint density at radius 2 is 1.07 bits per heavy atom. The van der Waals surface area contributed by atoms with Crippen molar-refractivity contribution in [2.24, 2.45) is 0 Å². The largest absolute Gasteiger partial charge is 0.456 e. The summed E-state index contributed by atoms with van der Waals surface area (Å²) >= 11 is 1.79. The van der Waals surface area contributed by atoms with Gasteiger partial charge in [0.05, 0.1) is 16.7 Å². The van der Waals surface area contributed by atoms with Gasteiger partial charge in [0.15, 0.2) is 17.5 Å². The number of benzene rings is 9. The highest BCUT2D eigenvalue weighted by molar-refractivity contribution is 7.25. The smallest absolute Gasteiger partial charge is 0.164 e. The van der Waals surface area contributed by atoms with Crippen LogP contribution in [0, 0.1) is 0 Å². The number of furan rings is 1. The molecule has 0 aliphatic heterocycles. The molecule has 0 spiro atoms. The van der Waals surface area contributed by atoms with E-state index in [-0.39, 0.29) is 0 Å². The summed E-state index contributed by atoms with van der Waals surface area (Å²) in [6.07, 6.45) is 0. The highest BCUT2D eigenvalue weighted by Crippen LogP contribution is 2.43. The molecule has 13 rings (SSSR count). The molecule has 4 aromatic heterocycles. The van der Waals surface area contributed by atoms with E-state index in [9.17, 15) is 0 Å². The molecule has 0 bridgehead atoms. The molecule has 9 aromatic carbocycles. The first kappa shape index (κ1) is 32.4. The van der Waals surface area contributed by atoms with E-state index in [1.165, 1.54) is 47.2 Å². The maximum atomic E-state index is 6.79. The fourth-order valence-electron chi connectivity index (χ4n) is 9.16. The number of fused-ring (bicyclic) bond motifs is 12. The number of rotatable bonds is 4. The zero-order chi connectivity index (χ0) is 38.6. The van der Waals surface area contributed by atoms with Crippen LogP contribution in [0.4, 0.5) is 0 Å². The molecule has 0 N–H and O–H groups in total. The molecule has 13 aromatic rings. The van der Waals surface area contributed by atoms with E-state index in [0.717, 1.165) is 60.6 Å². The standard InChI is InChI=1S/C53H30N4OS/c1-2-13-31(14-3-1)51-54-52(56-53(55-51)39-21-12-24-48-50(39)38-20-9-11-23-47(38)59-48)34-25-26-45-41(28-34)49-37-19-7-6-17-35(37)44(30-46(49)58-45)57-42-22-10-8-18-36(42)40-27-32-15-4-5-16-33(32)29-43(40)57/h1-30H. The first-order valence-electron chi connectivity index (χ1n) is 19.8. The third kappa shape index (κ3) is 4.87. The van der Waals surface area contributed by atoms with Gasteiger partial charge in [-0.25, -0.2) is 15.0 Å². The summed E-state index contributed by atoms with van der Waals surface area (Å²) in [5, 5.41) is 11.6. The van der Waals surface area contributed by atoms with E-state index in [1.807, 2.05) is 18.2 Å². The van der Waals surface area contributed by atoms with Gasteiger partial charge in [0.1, 0.15) is 11.2 Å². The minimum absolute atomic E-state index is 0.611. The van der Waals surface area contributed by atoms with Crippen molar-refractivity contribution in [1.29, 1.82) is 0 Å². The Morgan fingerprint density at radius 3 is 1.93 bits per heavy atom. The predicted octanol–water partition coefficient (Wildman–Crippen LogP) is 14.5. The highest BCUT2D eigenvalue weighted by atomic mass is 32.1. The molecule has 0 fully saturated rings. The lowest BCUT2D eigenvalue weighted by Gasteiger charge is -2.13. The second kappa shape index (κ2) is 12.4. The second-order valence-corrected chi connectivity index (χ2v) is 16.2. The van der Waals surface area contributed by atoms with E-state index in [1.54, 1.807) is 11.3 Å². The van der Waals surface area contributed by atoms with Gasteiger partial charge in [-0.2, -0.15) is 0 Å². The van der Waals surface area contributed by atoms with Crippen molar-refractivity contribution in [2.75, 3.05) is 0 Å². The van der Waals surface area contributed by atoms with Crippen molar-refractivity contribution in [2.45, 2.75) is 0 Å². The second-order valence-electron chi connectivity index (χ2n) is 15.1. The van der Waals surface area contributed by atoms with E-state index >= 15 is 0 Å². The van der Waals surface area contributed by atoms with Crippen LogP contribution >= 0.6 is 11.3 Å². The predicted molar refractivity (Wildman–Crippen MR) is 246 cm³/mol. The summed E-state index contributed by atoms with van der Waals surface area (Å²) in [6.45, 7) is 0. The Balaban J connectivity index is 1.05. The van der Waals surface area contributed by atoms with Gasteiger partial charge in [0.25, 0.3) is 0 Å². The number of hydrogen-bond donors (Lipinski definition) is 0. The van der Waals surface area contributed by atoms with Crippen molar-refractivity contribution in [3.05, 3.63) is 182 Å². The van der Waals surface area contributed by atoms with Gasteiger partial charge in [-0.15, -0.1) is 11.3 Å². The molecule has 6 heteroatoms.